The smallest absolute Gasteiger partial charge is 0.335 e. The largest absolute Gasteiger partial charge is 0.494 e. The van der Waals surface area contributed by atoms with Gasteiger partial charge in [-0.2, -0.15) is 10.1 Å². The highest BCUT2D eigenvalue weighted by Crippen LogP contribution is 2.28. The van der Waals surface area contributed by atoms with E-state index in [0.717, 1.165) is 15.7 Å². The number of aryl methyl sites for hydroxylation is 2. The third kappa shape index (κ3) is 3.65. The molecule has 2 N–H and O–H groups in total. The summed E-state index contributed by atoms with van der Waals surface area (Å²) in [6.45, 7) is 5.53. The van der Waals surface area contributed by atoms with Crippen molar-refractivity contribution in [3.63, 3.8) is 0 Å². The van der Waals surface area contributed by atoms with Gasteiger partial charge in [-0.15, -0.1) is 0 Å². The number of aromatic hydroxyl groups is 1. The van der Waals surface area contributed by atoms with Gasteiger partial charge in [0.2, 0.25) is 5.88 Å². The fraction of sp³-hybridized carbons (Fsp3) is 0.130. The number of anilines is 1. The number of hydrazone groups is 1. The number of aromatic amines is 1. The van der Waals surface area contributed by atoms with Gasteiger partial charge in [-0.1, -0.05) is 17.7 Å². The first-order valence-corrected chi connectivity index (χ1v) is 10.1. The average molecular weight is 451 g/mol. The predicted molar refractivity (Wildman–Crippen MR) is 124 cm³/mol. The summed E-state index contributed by atoms with van der Waals surface area (Å²) in [5, 5.41) is 16.8. The van der Waals surface area contributed by atoms with E-state index >= 15 is 0 Å². The molecule has 2 aromatic carbocycles. The number of hydrogen-bond donors (Lipinski definition) is 2. The Morgan fingerprint density at radius 1 is 0.969 bits per heavy atom. The molecule has 0 aliphatic carbocycles. The second-order valence-corrected chi connectivity index (χ2v) is 7.87. The molecule has 0 atom stereocenters. The summed E-state index contributed by atoms with van der Waals surface area (Å²) in [5.41, 5.74) is 1.59. The summed E-state index contributed by atoms with van der Waals surface area (Å²) in [5.74, 6) is -1.05. The Kier molecular flexibility index (Phi) is 5.31. The van der Waals surface area contributed by atoms with E-state index < -0.39 is 23.0 Å². The van der Waals surface area contributed by atoms with Crippen molar-refractivity contribution >= 4 is 35.0 Å². The van der Waals surface area contributed by atoms with Crippen molar-refractivity contribution in [1.29, 1.82) is 0 Å². The van der Waals surface area contributed by atoms with Crippen LogP contribution < -0.4 is 16.3 Å². The molecular weight excluding hydrogens is 432 g/mol. The zero-order valence-electron chi connectivity index (χ0n) is 17.5. The number of aromatic nitrogens is 2. The van der Waals surface area contributed by atoms with E-state index in [-0.39, 0.29) is 11.1 Å². The topological polar surface area (TPSA) is 108 Å². The summed E-state index contributed by atoms with van der Waals surface area (Å²) < 4.78 is 0.928. The molecule has 1 aromatic heterocycles. The Morgan fingerprint density at radius 2 is 1.62 bits per heavy atom. The Hall–Kier alpha value is -3.91. The summed E-state index contributed by atoms with van der Waals surface area (Å²) in [4.78, 5) is 40.1. The molecule has 0 radical (unpaired) electrons. The number of rotatable bonds is 3. The molecule has 0 fully saturated rings. The van der Waals surface area contributed by atoms with E-state index in [0.29, 0.717) is 22.1 Å². The second kappa shape index (κ2) is 7.97. The van der Waals surface area contributed by atoms with Crippen LogP contribution in [0, 0.1) is 13.8 Å². The minimum atomic E-state index is -0.824. The number of nitrogens with one attached hydrogen (secondary N) is 1. The van der Waals surface area contributed by atoms with Crippen LogP contribution in [0.5, 0.6) is 5.88 Å². The van der Waals surface area contributed by atoms with Crippen LogP contribution in [0.3, 0.4) is 0 Å². The van der Waals surface area contributed by atoms with E-state index in [1.165, 1.54) is 23.2 Å². The minimum Gasteiger partial charge on any atom is -0.494 e. The second-order valence-electron chi connectivity index (χ2n) is 7.44. The molecule has 2 heterocycles. The van der Waals surface area contributed by atoms with Crippen LogP contribution in [0.4, 0.5) is 5.69 Å². The van der Waals surface area contributed by atoms with Gasteiger partial charge in [0, 0.05) is 5.02 Å². The van der Waals surface area contributed by atoms with Gasteiger partial charge < -0.3 is 5.11 Å². The van der Waals surface area contributed by atoms with Gasteiger partial charge in [0.05, 0.1) is 22.7 Å². The number of hydrogen-bond acceptors (Lipinski definition) is 5. The fourth-order valence-corrected chi connectivity index (χ4v) is 3.49. The predicted octanol–water partition coefficient (Wildman–Crippen LogP) is 3.31. The van der Waals surface area contributed by atoms with Gasteiger partial charge in [-0.3, -0.25) is 14.6 Å². The van der Waals surface area contributed by atoms with Crippen molar-refractivity contribution in [3.05, 3.63) is 90.6 Å². The molecule has 0 unspecified atom stereocenters. The fourth-order valence-electron chi connectivity index (χ4n) is 3.36. The highest BCUT2D eigenvalue weighted by molar-refractivity contribution is 6.32. The number of nitrogens with zero attached hydrogens (tertiary/aromatic N) is 3. The zero-order chi connectivity index (χ0) is 23.2. The summed E-state index contributed by atoms with van der Waals surface area (Å²) >= 11 is 5.89. The van der Waals surface area contributed by atoms with Crippen LogP contribution in [-0.4, -0.2) is 26.3 Å². The SMILES string of the molecule is CC1=NN(c2ccc(C)c(C)c2)C(=O)C1=Cc1c(O)n(-c2ccc(Cl)cc2)c(=O)[nH]c1=O. The molecule has 32 heavy (non-hydrogen) atoms. The Labute approximate surface area is 187 Å². The molecule has 0 saturated carbocycles. The van der Waals surface area contributed by atoms with E-state index in [4.69, 9.17) is 11.6 Å². The third-order valence-corrected chi connectivity index (χ3v) is 5.54. The molecular formula is C23H19ClN4O4. The van der Waals surface area contributed by atoms with E-state index in [1.54, 1.807) is 25.1 Å². The molecule has 4 rings (SSSR count). The molecule has 162 valence electrons. The highest BCUT2D eigenvalue weighted by atomic mass is 35.5. The zero-order valence-corrected chi connectivity index (χ0v) is 18.3. The molecule has 9 heteroatoms. The summed E-state index contributed by atoms with van der Waals surface area (Å²) in [7, 11) is 0. The van der Waals surface area contributed by atoms with Crippen molar-refractivity contribution in [3.8, 4) is 11.6 Å². The maximum absolute atomic E-state index is 13.1. The van der Waals surface area contributed by atoms with Gasteiger partial charge in [0.1, 0.15) is 5.56 Å². The van der Waals surface area contributed by atoms with Crippen LogP contribution in [-0.2, 0) is 4.79 Å². The van der Waals surface area contributed by atoms with Gasteiger partial charge >= 0.3 is 5.69 Å². The number of benzene rings is 2. The van der Waals surface area contributed by atoms with Gasteiger partial charge in [-0.25, -0.2) is 9.36 Å². The Bertz CT molecular complexity index is 1430. The Balaban J connectivity index is 1.81. The van der Waals surface area contributed by atoms with Crippen molar-refractivity contribution < 1.29 is 9.90 Å². The first-order valence-electron chi connectivity index (χ1n) is 9.70. The molecule has 0 bridgehead atoms. The number of H-pyrrole nitrogens is 1. The number of carbonyl (C=O) groups is 1. The average Bonchev–Trinajstić information content (AvgIpc) is 3.02. The lowest BCUT2D eigenvalue weighted by Crippen LogP contribution is -2.30. The van der Waals surface area contributed by atoms with E-state index in [2.05, 4.69) is 10.1 Å². The van der Waals surface area contributed by atoms with Gasteiger partial charge in [0.25, 0.3) is 11.5 Å². The van der Waals surface area contributed by atoms with Crippen LogP contribution >= 0.6 is 11.6 Å². The highest BCUT2D eigenvalue weighted by Gasteiger charge is 2.30. The number of carbonyl (C=O) groups excluding carboxylic acids is 1. The monoisotopic (exact) mass is 450 g/mol. The number of amides is 1. The lowest BCUT2D eigenvalue weighted by molar-refractivity contribution is -0.114. The lowest BCUT2D eigenvalue weighted by Gasteiger charge is -2.13. The Morgan fingerprint density at radius 3 is 2.28 bits per heavy atom. The van der Waals surface area contributed by atoms with Crippen LogP contribution in [0.2, 0.25) is 5.02 Å². The summed E-state index contributed by atoms with van der Waals surface area (Å²) in [6.07, 6.45) is 1.24. The quantitative estimate of drug-likeness (QED) is 0.597. The molecule has 3 aromatic rings. The minimum absolute atomic E-state index is 0.130. The lowest BCUT2D eigenvalue weighted by atomic mass is 10.1. The van der Waals surface area contributed by atoms with Crippen molar-refractivity contribution in [1.82, 2.24) is 9.55 Å². The normalized spacial score (nSPS) is 14.9. The first kappa shape index (κ1) is 21.3. The van der Waals surface area contributed by atoms with Gasteiger partial charge in [0.15, 0.2) is 0 Å². The molecule has 1 aliphatic heterocycles. The van der Waals surface area contributed by atoms with Crippen LogP contribution in [0.1, 0.15) is 23.6 Å². The van der Waals surface area contributed by atoms with Crippen molar-refractivity contribution in [2.24, 2.45) is 5.10 Å². The molecule has 1 amide bonds. The molecule has 0 spiro atoms. The first-order chi connectivity index (χ1) is 15.2. The van der Waals surface area contributed by atoms with E-state index in [9.17, 15) is 19.5 Å². The van der Waals surface area contributed by atoms with Gasteiger partial charge in [-0.05, 0) is 74.4 Å². The molecule has 1 aliphatic rings. The molecule has 0 saturated heterocycles. The number of halogens is 1. The van der Waals surface area contributed by atoms with Crippen molar-refractivity contribution in [2.75, 3.05) is 5.01 Å². The van der Waals surface area contributed by atoms with Crippen LogP contribution in [0.25, 0.3) is 11.8 Å². The maximum atomic E-state index is 13.1. The van der Waals surface area contributed by atoms with E-state index in [1.807, 2.05) is 26.0 Å². The standard InChI is InChI=1S/C23H19ClN4O4/c1-12-4-7-17(10-13(12)2)28-22(31)18(14(3)26-28)11-19-20(29)25-23(32)27(21(19)30)16-8-5-15(24)6-9-16/h4-11,30H,1-3H3,(H,25,29,32). The maximum Gasteiger partial charge on any atom is 0.335 e. The summed E-state index contributed by atoms with van der Waals surface area (Å²) in [6, 6.07) is 11.7. The third-order valence-electron chi connectivity index (χ3n) is 5.29. The molecule has 8 nitrogen and oxygen atoms in total. The van der Waals surface area contributed by atoms with Crippen molar-refractivity contribution in [2.45, 2.75) is 20.8 Å². The van der Waals surface area contributed by atoms with Crippen LogP contribution in [0.15, 0.2) is 62.7 Å².